The first-order chi connectivity index (χ1) is 14.4. The summed E-state index contributed by atoms with van der Waals surface area (Å²) in [4.78, 5) is 4.72. The number of ether oxygens (including phenoxy) is 4. The number of allylic oxidation sites excluding steroid dienone is 1. The molecule has 2 aromatic rings. The lowest BCUT2D eigenvalue weighted by molar-refractivity contribution is 0.0601. The Hall–Kier alpha value is -2.26. The zero-order chi connectivity index (χ0) is 22.0. The van der Waals surface area contributed by atoms with Crippen molar-refractivity contribution in [3.05, 3.63) is 48.3 Å². The van der Waals surface area contributed by atoms with Crippen molar-refractivity contribution in [3.63, 3.8) is 0 Å². The summed E-state index contributed by atoms with van der Waals surface area (Å²) in [6.45, 7) is 9.93. The third-order valence-corrected chi connectivity index (χ3v) is 5.55. The van der Waals surface area contributed by atoms with E-state index in [1.54, 1.807) is 38.9 Å². The molecular weight excluding hydrogens is 402 g/mol. The van der Waals surface area contributed by atoms with Gasteiger partial charge in [0.2, 0.25) is 5.13 Å². The highest BCUT2D eigenvalue weighted by Crippen LogP contribution is 2.29. The van der Waals surface area contributed by atoms with Gasteiger partial charge in [0.15, 0.2) is 0 Å². The van der Waals surface area contributed by atoms with Gasteiger partial charge >= 0.3 is 0 Å². The maximum Gasteiger partial charge on any atom is 0.207 e. The summed E-state index contributed by atoms with van der Waals surface area (Å²) in [6, 6.07) is 8.03. The van der Waals surface area contributed by atoms with E-state index in [1.807, 2.05) is 43.1 Å². The number of rotatable bonds is 13. The maximum absolute atomic E-state index is 5.64. The third kappa shape index (κ3) is 6.91. The predicted molar refractivity (Wildman–Crippen MR) is 123 cm³/mol. The highest BCUT2D eigenvalue weighted by molar-refractivity contribution is 7.22. The fraction of sp³-hybridized carbons (Fsp3) is 0.455. The number of nitrogens with zero attached hydrogens (tertiary/aromatic N) is 3. The molecule has 0 aliphatic carbocycles. The molecule has 0 saturated heterocycles. The van der Waals surface area contributed by atoms with E-state index in [-0.39, 0.29) is 0 Å². The Kier molecular flexibility index (Phi) is 9.45. The molecule has 0 fully saturated rings. The lowest BCUT2D eigenvalue weighted by atomic mass is 9.98. The highest BCUT2D eigenvalue weighted by atomic mass is 32.1. The molecule has 0 spiro atoms. The third-order valence-electron chi connectivity index (χ3n) is 4.50. The van der Waals surface area contributed by atoms with Crippen LogP contribution >= 0.6 is 11.3 Å². The van der Waals surface area contributed by atoms with E-state index in [0.717, 1.165) is 20.9 Å². The summed E-state index contributed by atoms with van der Waals surface area (Å²) in [7, 11) is 4.89. The van der Waals surface area contributed by atoms with Crippen LogP contribution in [0.15, 0.2) is 53.4 Å². The zero-order valence-electron chi connectivity index (χ0n) is 18.4. The van der Waals surface area contributed by atoms with Crippen LogP contribution in [0.2, 0.25) is 0 Å². The average molecular weight is 434 g/mol. The number of para-hydroxylation sites is 1. The number of anilines is 1. The molecule has 30 heavy (non-hydrogen) atoms. The van der Waals surface area contributed by atoms with E-state index in [2.05, 4.69) is 12.6 Å². The van der Waals surface area contributed by atoms with Crippen LogP contribution in [0.25, 0.3) is 10.2 Å². The van der Waals surface area contributed by atoms with Crippen molar-refractivity contribution in [2.75, 3.05) is 52.7 Å². The van der Waals surface area contributed by atoms with Crippen LogP contribution in [0.1, 0.15) is 13.8 Å². The second-order valence-corrected chi connectivity index (χ2v) is 7.93. The van der Waals surface area contributed by atoms with Crippen molar-refractivity contribution in [3.8, 4) is 0 Å². The SMILES string of the molecule is C=C(/C=C(/C=N/N(CCOCCOC)c1nc2ccccc2s1)C(C)(C)OC)OC. The van der Waals surface area contributed by atoms with Gasteiger partial charge in [0.1, 0.15) is 5.76 Å². The number of hydrogen-bond acceptors (Lipinski definition) is 8. The summed E-state index contributed by atoms with van der Waals surface area (Å²) in [5, 5.41) is 7.34. The quantitative estimate of drug-likeness (QED) is 0.155. The molecule has 0 N–H and O–H groups in total. The number of hydrazone groups is 1. The largest absolute Gasteiger partial charge is 0.497 e. The predicted octanol–water partition coefficient (Wildman–Crippen LogP) is 4.26. The molecule has 0 amide bonds. The van der Waals surface area contributed by atoms with Crippen molar-refractivity contribution >= 4 is 32.9 Å². The van der Waals surface area contributed by atoms with Gasteiger partial charge in [0.25, 0.3) is 0 Å². The van der Waals surface area contributed by atoms with E-state index >= 15 is 0 Å². The minimum atomic E-state index is -0.570. The molecule has 0 saturated carbocycles. The summed E-state index contributed by atoms with van der Waals surface area (Å²) < 4.78 is 22.6. The van der Waals surface area contributed by atoms with E-state index in [4.69, 9.17) is 29.0 Å². The second kappa shape index (κ2) is 11.8. The lowest BCUT2D eigenvalue weighted by Crippen LogP contribution is -2.28. The molecule has 1 heterocycles. The van der Waals surface area contributed by atoms with E-state index in [9.17, 15) is 0 Å². The molecular formula is C22H31N3O4S. The zero-order valence-corrected chi connectivity index (χ0v) is 19.2. The average Bonchev–Trinajstić information content (AvgIpc) is 3.18. The van der Waals surface area contributed by atoms with Gasteiger partial charge in [-0.05, 0) is 32.1 Å². The minimum Gasteiger partial charge on any atom is -0.497 e. The van der Waals surface area contributed by atoms with Gasteiger partial charge in [0.05, 0.1) is 55.5 Å². The van der Waals surface area contributed by atoms with Crippen LogP contribution in [-0.2, 0) is 18.9 Å². The standard InChI is InChI=1S/C22H31N3O4S/c1-17(27-5)15-18(22(2,3)28-6)16-23-25(11-12-29-14-13-26-4)21-24-19-9-7-8-10-20(19)30-21/h7-10,15-16H,1,11-14H2,2-6H3/b18-15-,23-16+. The number of methoxy groups -OCH3 is 3. The van der Waals surface area contributed by atoms with Crippen LogP contribution in [0.3, 0.4) is 0 Å². The Balaban J connectivity index is 2.29. The monoisotopic (exact) mass is 433 g/mol. The van der Waals surface area contributed by atoms with Crippen LogP contribution in [0, 0.1) is 0 Å². The van der Waals surface area contributed by atoms with Crippen LogP contribution in [0.5, 0.6) is 0 Å². The first-order valence-corrected chi connectivity index (χ1v) is 10.5. The van der Waals surface area contributed by atoms with Crippen molar-refractivity contribution in [1.29, 1.82) is 0 Å². The second-order valence-electron chi connectivity index (χ2n) is 6.92. The minimum absolute atomic E-state index is 0.494. The van der Waals surface area contributed by atoms with Gasteiger partial charge in [-0.15, -0.1) is 0 Å². The van der Waals surface area contributed by atoms with Crippen LogP contribution in [-0.4, -0.2) is 64.5 Å². The lowest BCUT2D eigenvalue weighted by Gasteiger charge is -2.25. The van der Waals surface area contributed by atoms with Gasteiger partial charge in [-0.25, -0.2) is 9.99 Å². The molecule has 2 rings (SSSR count). The molecule has 0 atom stereocenters. The Morgan fingerprint density at radius 3 is 2.63 bits per heavy atom. The molecule has 0 unspecified atom stereocenters. The summed E-state index contributed by atoms with van der Waals surface area (Å²) >= 11 is 1.58. The summed E-state index contributed by atoms with van der Waals surface area (Å²) in [5.41, 5.74) is 1.20. The Morgan fingerprint density at radius 1 is 1.20 bits per heavy atom. The van der Waals surface area contributed by atoms with Crippen molar-refractivity contribution in [2.45, 2.75) is 19.4 Å². The Bertz CT molecular complexity index is 843. The number of hydrogen-bond donors (Lipinski definition) is 0. The topological polar surface area (TPSA) is 65.4 Å². The Morgan fingerprint density at radius 2 is 1.97 bits per heavy atom. The van der Waals surface area contributed by atoms with E-state index in [1.165, 1.54) is 0 Å². The van der Waals surface area contributed by atoms with Crippen molar-refractivity contribution in [2.24, 2.45) is 5.10 Å². The van der Waals surface area contributed by atoms with Gasteiger partial charge in [-0.1, -0.05) is 30.0 Å². The molecule has 0 aliphatic heterocycles. The normalized spacial score (nSPS) is 12.6. The van der Waals surface area contributed by atoms with Crippen molar-refractivity contribution < 1.29 is 18.9 Å². The number of aromatic nitrogens is 1. The first-order valence-electron chi connectivity index (χ1n) is 9.65. The van der Waals surface area contributed by atoms with Crippen LogP contribution < -0.4 is 5.01 Å². The van der Waals surface area contributed by atoms with Crippen molar-refractivity contribution in [1.82, 2.24) is 4.98 Å². The smallest absolute Gasteiger partial charge is 0.207 e. The first kappa shape index (κ1) is 24.0. The Labute approximate surface area is 182 Å². The van der Waals surface area contributed by atoms with E-state index in [0.29, 0.717) is 32.1 Å². The number of benzene rings is 1. The molecule has 7 nitrogen and oxygen atoms in total. The van der Waals surface area contributed by atoms with Gasteiger partial charge in [-0.3, -0.25) is 0 Å². The molecule has 1 aromatic carbocycles. The maximum atomic E-state index is 5.64. The summed E-state index contributed by atoms with van der Waals surface area (Å²) in [5.74, 6) is 0.524. The molecule has 164 valence electrons. The fourth-order valence-corrected chi connectivity index (χ4v) is 3.37. The van der Waals surface area contributed by atoms with Gasteiger partial charge in [-0.2, -0.15) is 5.10 Å². The molecule has 8 heteroatoms. The van der Waals surface area contributed by atoms with Gasteiger partial charge in [0, 0.05) is 19.8 Å². The van der Waals surface area contributed by atoms with Crippen LogP contribution in [0.4, 0.5) is 5.13 Å². The molecule has 0 aliphatic rings. The van der Waals surface area contributed by atoms with E-state index < -0.39 is 5.60 Å². The number of fused-ring (bicyclic) bond motifs is 1. The highest BCUT2D eigenvalue weighted by Gasteiger charge is 2.22. The molecule has 0 bridgehead atoms. The molecule has 0 radical (unpaired) electrons. The van der Waals surface area contributed by atoms with Gasteiger partial charge < -0.3 is 18.9 Å². The summed E-state index contributed by atoms with van der Waals surface area (Å²) in [6.07, 6.45) is 3.58. The number of thiazole rings is 1. The fourth-order valence-electron chi connectivity index (χ4n) is 2.42. The molecule has 1 aromatic heterocycles.